The molecule has 0 fully saturated rings. The molecular formula is C17H15F3N4O5. The van der Waals surface area contributed by atoms with E-state index in [0.29, 0.717) is 9.13 Å². The molecule has 2 aromatic rings. The Hall–Kier alpha value is -3.57. The first-order chi connectivity index (χ1) is 13.5. The highest BCUT2D eigenvalue weighted by atomic mass is 19.4. The number of carbonyl (C=O) groups is 2. The molecule has 0 spiro atoms. The van der Waals surface area contributed by atoms with Gasteiger partial charge in [0.05, 0.1) is 0 Å². The zero-order valence-corrected chi connectivity index (χ0v) is 15.2. The normalized spacial score (nSPS) is 18.2. The van der Waals surface area contributed by atoms with Crippen molar-refractivity contribution in [3.63, 3.8) is 0 Å². The molecule has 9 nitrogen and oxygen atoms in total. The van der Waals surface area contributed by atoms with Crippen LogP contribution < -0.4 is 26.6 Å². The van der Waals surface area contributed by atoms with Crippen LogP contribution in [0, 0.1) is 0 Å². The second-order valence-corrected chi connectivity index (χ2v) is 6.28. The Balaban J connectivity index is 2.06. The summed E-state index contributed by atoms with van der Waals surface area (Å²) in [5.41, 5.74) is -7.05. The molecule has 0 aliphatic carbocycles. The number of benzene rings is 1. The van der Waals surface area contributed by atoms with Crippen molar-refractivity contribution in [2.24, 2.45) is 14.1 Å². The lowest BCUT2D eigenvalue weighted by molar-refractivity contribution is -0.201. The van der Waals surface area contributed by atoms with Crippen molar-refractivity contribution >= 4 is 17.6 Å². The highest BCUT2D eigenvalue weighted by Crippen LogP contribution is 2.44. The van der Waals surface area contributed by atoms with Crippen molar-refractivity contribution in [2.45, 2.75) is 11.7 Å². The van der Waals surface area contributed by atoms with Gasteiger partial charge in [0.25, 0.3) is 17.4 Å². The Morgan fingerprint density at radius 2 is 1.76 bits per heavy atom. The van der Waals surface area contributed by atoms with E-state index in [9.17, 15) is 32.3 Å². The maximum atomic E-state index is 14.1. The smallest absolute Gasteiger partial charge is 0.425 e. The molecule has 1 aromatic heterocycles. The van der Waals surface area contributed by atoms with E-state index in [4.69, 9.17) is 4.74 Å². The minimum Gasteiger partial charge on any atom is -0.484 e. The molecule has 0 saturated carbocycles. The predicted molar refractivity (Wildman–Crippen MR) is 93.4 cm³/mol. The summed E-state index contributed by atoms with van der Waals surface area (Å²) >= 11 is 0. The molecule has 2 amide bonds. The molecule has 3 rings (SSSR count). The number of alkyl halides is 3. The van der Waals surface area contributed by atoms with Crippen LogP contribution in [0.25, 0.3) is 0 Å². The molecule has 1 aliphatic heterocycles. The van der Waals surface area contributed by atoms with Gasteiger partial charge in [-0.2, -0.15) is 13.2 Å². The van der Waals surface area contributed by atoms with Gasteiger partial charge in [0.2, 0.25) is 5.54 Å². The number of anilines is 1. The maximum Gasteiger partial charge on any atom is 0.425 e. The molecule has 1 aromatic carbocycles. The second-order valence-electron chi connectivity index (χ2n) is 6.28. The van der Waals surface area contributed by atoms with Crippen molar-refractivity contribution in [3.8, 4) is 5.75 Å². The van der Waals surface area contributed by atoms with E-state index in [2.05, 4.69) is 0 Å². The summed E-state index contributed by atoms with van der Waals surface area (Å²) in [5, 5.41) is 3.48. The molecule has 2 heterocycles. The van der Waals surface area contributed by atoms with Crippen LogP contribution in [-0.4, -0.2) is 33.7 Å². The maximum absolute atomic E-state index is 14.1. The first kappa shape index (κ1) is 20.2. The molecule has 12 heteroatoms. The number of nitrogens with one attached hydrogen (secondary N) is 2. The lowest BCUT2D eigenvalue weighted by atomic mass is 9.92. The molecule has 0 radical (unpaired) electrons. The van der Waals surface area contributed by atoms with Crippen LogP contribution in [-0.2, 0) is 29.2 Å². The lowest BCUT2D eigenvalue weighted by Crippen LogP contribution is -2.63. The third-order valence-electron chi connectivity index (χ3n) is 4.48. The van der Waals surface area contributed by atoms with Crippen LogP contribution in [0.15, 0.2) is 39.9 Å². The van der Waals surface area contributed by atoms with E-state index >= 15 is 0 Å². The average Bonchev–Trinajstić information content (AvgIpc) is 2.97. The van der Waals surface area contributed by atoms with Crippen molar-refractivity contribution in [1.29, 1.82) is 0 Å². The SMILES string of the molecule is Cn1c2c(c(=O)n(C)c1=O)[C@@](NC(=O)COc1ccccc1)(C(F)(F)F)C(=O)N2. The Morgan fingerprint density at radius 1 is 1.14 bits per heavy atom. The van der Waals surface area contributed by atoms with Gasteiger partial charge in [-0.15, -0.1) is 0 Å². The van der Waals surface area contributed by atoms with Crippen LogP contribution in [0.3, 0.4) is 0 Å². The van der Waals surface area contributed by atoms with Gasteiger partial charge in [-0.05, 0) is 12.1 Å². The highest BCUT2D eigenvalue weighted by molar-refractivity contribution is 6.07. The number of nitrogens with zero attached hydrogens (tertiary/aromatic N) is 2. The molecule has 29 heavy (non-hydrogen) atoms. The van der Waals surface area contributed by atoms with Crippen LogP contribution in [0.4, 0.5) is 19.0 Å². The molecule has 154 valence electrons. The summed E-state index contributed by atoms with van der Waals surface area (Å²) in [6, 6.07) is 7.82. The first-order valence-electron chi connectivity index (χ1n) is 8.18. The molecule has 0 bridgehead atoms. The minimum absolute atomic E-state index is 0.221. The zero-order valence-electron chi connectivity index (χ0n) is 15.2. The summed E-state index contributed by atoms with van der Waals surface area (Å²) in [7, 11) is 2.06. The number of hydrogen-bond acceptors (Lipinski definition) is 5. The number of hydrogen-bond donors (Lipinski definition) is 2. The topological polar surface area (TPSA) is 111 Å². The Labute approximate surface area is 160 Å². The van der Waals surface area contributed by atoms with Crippen LogP contribution in [0.1, 0.15) is 5.56 Å². The van der Waals surface area contributed by atoms with Crippen molar-refractivity contribution in [1.82, 2.24) is 14.5 Å². The predicted octanol–water partition coefficient (Wildman–Crippen LogP) is -0.0111. The summed E-state index contributed by atoms with van der Waals surface area (Å²) in [6.07, 6.45) is -5.38. The van der Waals surface area contributed by atoms with Crippen LogP contribution in [0.5, 0.6) is 5.75 Å². The zero-order chi connectivity index (χ0) is 21.6. The van der Waals surface area contributed by atoms with E-state index in [1.54, 1.807) is 23.5 Å². The van der Waals surface area contributed by atoms with Gasteiger partial charge < -0.3 is 15.4 Å². The summed E-state index contributed by atoms with van der Waals surface area (Å²) in [5.74, 6) is -3.40. The number of ether oxygens (including phenoxy) is 1. The standard InChI is InChI=1S/C17H15F3N4O5/c1-23-12-11(13(26)24(2)15(23)28)16(14(27)21-12,17(18,19)20)22-10(25)8-29-9-6-4-3-5-7-9/h3-7H,8H2,1-2H3,(H,21,27)(H,22,25)/t16-/m0/s1. The van der Waals surface area contributed by atoms with Gasteiger partial charge in [0, 0.05) is 14.1 Å². The Kier molecular flexibility index (Phi) is 4.73. The van der Waals surface area contributed by atoms with Gasteiger partial charge >= 0.3 is 11.9 Å². The number of halogens is 3. The molecule has 1 atom stereocenters. The largest absolute Gasteiger partial charge is 0.484 e. The fourth-order valence-electron chi connectivity index (χ4n) is 3.01. The molecule has 0 unspecified atom stereocenters. The average molecular weight is 412 g/mol. The molecule has 2 N–H and O–H groups in total. The van der Waals surface area contributed by atoms with E-state index in [-0.39, 0.29) is 5.75 Å². The third-order valence-corrected chi connectivity index (χ3v) is 4.48. The number of carbonyl (C=O) groups excluding carboxylic acids is 2. The quantitative estimate of drug-likeness (QED) is 0.734. The van der Waals surface area contributed by atoms with E-state index < -0.39 is 52.8 Å². The fraction of sp³-hybridized carbons (Fsp3) is 0.294. The third kappa shape index (κ3) is 3.05. The van der Waals surface area contributed by atoms with E-state index in [1.807, 2.05) is 5.32 Å². The first-order valence-corrected chi connectivity index (χ1v) is 8.18. The van der Waals surface area contributed by atoms with Gasteiger partial charge in [-0.1, -0.05) is 18.2 Å². The molecule has 0 saturated heterocycles. The monoisotopic (exact) mass is 412 g/mol. The number of aromatic nitrogens is 2. The highest BCUT2D eigenvalue weighted by Gasteiger charge is 2.68. The van der Waals surface area contributed by atoms with E-state index in [1.165, 1.54) is 12.1 Å². The van der Waals surface area contributed by atoms with Crippen LogP contribution >= 0.6 is 0 Å². The van der Waals surface area contributed by atoms with Crippen LogP contribution in [0.2, 0.25) is 0 Å². The fourth-order valence-corrected chi connectivity index (χ4v) is 3.01. The van der Waals surface area contributed by atoms with Gasteiger partial charge in [-0.25, -0.2) is 4.79 Å². The number of rotatable bonds is 4. The van der Waals surface area contributed by atoms with Gasteiger partial charge in [0.15, 0.2) is 6.61 Å². The number of fused-ring (bicyclic) bond motifs is 1. The summed E-state index contributed by atoms with van der Waals surface area (Å²) in [6.45, 7) is -0.837. The van der Waals surface area contributed by atoms with Crippen molar-refractivity contribution < 1.29 is 27.5 Å². The van der Waals surface area contributed by atoms with Gasteiger partial charge in [-0.3, -0.25) is 23.5 Å². The lowest BCUT2D eigenvalue weighted by Gasteiger charge is -2.30. The Bertz CT molecular complexity index is 1110. The molecule has 1 aliphatic rings. The summed E-state index contributed by atoms with van der Waals surface area (Å²) < 4.78 is 48.4. The second kappa shape index (κ2) is 6.79. The Morgan fingerprint density at radius 3 is 2.34 bits per heavy atom. The number of para-hydroxylation sites is 1. The van der Waals surface area contributed by atoms with Crippen molar-refractivity contribution in [2.75, 3.05) is 11.9 Å². The number of amides is 2. The minimum atomic E-state index is -5.38. The van der Waals surface area contributed by atoms with Gasteiger partial charge in [0.1, 0.15) is 17.1 Å². The summed E-state index contributed by atoms with van der Waals surface area (Å²) in [4.78, 5) is 49.1. The van der Waals surface area contributed by atoms with E-state index in [0.717, 1.165) is 14.1 Å². The van der Waals surface area contributed by atoms with Crippen molar-refractivity contribution in [3.05, 3.63) is 56.7 Å². The molecular weight excluding hydrogens is 397 g/mol.